The molecule has 1 heterocycles. The van der Waals surface area contributed by atoms with Crippen molar-refractivity contribution in [3.63, 3.8) is 0 Å². The maximum absolute atomic E-state index is 11.4. The second-order valence-corrected chi connectivity index (χ2v) is 7.28. The number of hydrogen-bond acceptors (Lipinski definition) is 4. The molecule has 3 aromatic rings. The molecule has 2 amide bonds. The van der Waals surface area contributed by atoms with Crippen LogP contribution in [0.25, 0.3) is 22.5 Å². The summed E-state index contributed by atoms with van der Waals surface area (Å²) in [4.78, 5) is 20.7. The van der Waals surface area contributed by atoms with E-state index in [-0.39, 0.29) is 6.03 Å². The van der Waals surface area contributed by atoms with E-state index < -0.39 is 0 Å². The highest BCUT2D eigenvalue weighted by atomic mass is 35.5. The minimum absolute atomic E-state index is 0.186. The van der Waals surface area contributed by atoms with Crippen molar-refractivity contribution >= 4 is 29.2 Å². The predicted molar refractivity (Wildman–Crippen MR) is 120 cm³/mol. The van der Waals surface area contributed by atoms with Crippen molar-refractivity contribution in [3.8, 4) is 28.4 Å². The number of hydrogen-bond donors (Lipinski definition) is 2. The molecule has 0 unspecified atom stereocenters. The maximum atomic E-state index is 11.4. The van der Waals surface area contributed by atoms with Gasteiger partial charge in [-0.25, -0.2) is 14.8 Å². The zero-order valence-corrected chi connectivity index (χ0v) is 18.0. The summed E-state index contributed by atoms with van der Waals surface area (Å²) in [6.07, 6.45) is 2.24. The lowest BCUT2D eigenvalue weighted by Gasteiger charge is -2.12. The highest BCUT2D eigenvalue weighted by Crippen LogP contribution is 2.31. The lowest BCUT2D eigenvalue weighted by molar-refractivity contribution is 0.239. The average Bonchev–Trinajstić information content (AvgIpc) is 2.75. The van der Waals surface area contributed by atoms with Gasteiger partial charge >= 0.3 is 6.03 Å². The Kier molecular flexibility index (Phi) is 7.88. The summed E-state index contributed by atoms with van der Waals surface area (Å²) >= 11 is 12.1. The number of nitrogens with one attached hydrogen (secondary N) is 2. The van der Waals surface area contributed by atoms with Gasteiger partial charge in [-0.1, -0.05) is 47.5 Å². The molecule has 3 rings (SSSR count). The smallest absolute Gasteiger partial charge is 0.314 e. The van der Waals surface area contributed by atoms with E-state index in [4.69, 9.17) is 27.9 Å². The summed E-state index contributed by atoms with van der Waals surface area (Å²) in [5.74, 6) is 0.413. The molecule has 30 heavy (non-hydrogen) atoms. The van der Waals surface area contributed by atoms with E-state index in [0.717, 1.165) is 16.8 Å². The summed E-state index contributed by atoms with van der Waals surface area (Å²) in [5.41, 5.74) is 3.18. The quantitative estimate of drug-likeness (QED) is 0.467. The first-order valence-electron chi connectivity index (χ1n) is 9.60. The summed E-state index contributed by atoms with van der Waals surface area (Å²) < 4.78 is 5.75. The van der Waals surface area contributed by atoms with Crippen LogP contribution in [-0.2, 0) is 0 Å². The van der Waals surface area contributed by atoms with Crippen LogP contribution in [0.4, 0.5) is 4.79 Å². The molecule has 0 radical (unpaired) electrons. The zero-order chi connectivity index (χ0) is 21.3. The van der Waals surface area contributed by atoms with E-state index in [2.05, 4.69) is 20.6 Å². The number of urea groups is 1. The van der Waals surface area contributed by atoms with Crippen LogP contribution in [0.3, 0.4) is 0 Å². The third kappa shape index (κ3) is 6.08. The van der Waals surface area contributed by atoms with Crippen molar-refractivity contribution in [2.24, 2.45) is 0 Å². The number of aromatic nitrogens is 2. The zero-order valence-electron chi connectivity index (χ0n) is 16.5. The molecular formula is C22H22Cl2N4O2. The molecule has 6 nitrogen and oxygen atoms in total. The van der Waals surface area contributed by atoms with Crippen LogP contribution >= 0.6 is 23.2 Å². The lowest BCUT2D eigenvalue weighted by Crippen LogP contribution is -2.36. The maximum Gasteiger partial charge on any atom is 0.314 e. The summed E-state index contributed by atoms with van der Waals surface area (Å²) in [6.45, 7) is 3.37. The Balaban J connectivity index is 1.76. The van der Waals surface area contributed by atoms with Crippen LogP contribution in [-0.4, -0.2) is 35.7 Å². The van der Waals surface area contributed by atoms with Gasteiger partial charge in [-0.3, -0.25) is 0 Å². The topological polar surface area (TPSA) is 76.1 Å². The molecule has 0 spiro atoms. The molecule has 0 saturated carbocycles. The fourth-order valence-electron chi connectivity index (χ4n) is 2.74. The minimum Gasteiger partial charge on any atom is -0.476 e. The SMILES string of the molecule is CCNC(=O)NCCCOc1cnc(-c2ccc(Cl)cc2)c(-c2ccc(Cl)cc2)n1. The summed E-state index contributed by atoms with van der Waals surface area (Å²) in [7, 11) is 0. The third-order valence-electron chi connectivity index (χ3n) is 4.18. The first-order valence-corrected chi connectivity index (χ1v) is 10.4. The fraction of sp³-hybridized carbons (Fsp3) is 0.227. The van der Waals surface area contributed by atoms with Crippen LogP contribution in [0.1, 0.15) is 13.3 Å². The van der Waals surface area contributed by atoms with E-state index in [1.807, 2.05) is 55.5 Å². The molecule has 8 heteroatoms. The third-order valence-corrected chi connectivity index (χ3v) is 4.68. The molecule has 0 atom stereocenters. The molecular weight excluding hydrogens is 423 g/mol. The van der Waals surface area contributed by atoms with Gasteiger partial charge in [0.2, 0.25) is 5.88 Å². The first kappa shape index (κ1) is 21.9. The second-order valence-electron chi connectivity index (χ2n) is 6.41. The number of carbonyl (C=O) groups is 1. The molecule has 1 aromatic heterocycles. The van der Waals surface area contributed by atoms with E-state index in [1.54, 1.807) is 6.20 Å². The van der Waals surface area contributed by atoms with Crippen molar-refractivity contribution < 1.29 is 9.53 Å². The number of halogens is 2. The van der Waals surface area contributed by atoms with Crippen LogP contribution < -0.4 is 15.4 Å². The van der Waals surface area contributed by atoms with Crippen LogP contribution in [0.2, 0.25) is 10.0 Å². The molecule has 0 aliphatic heterocycles. The van der Waals surface area contributed by atoms with Gasteiger partial charge in [-0.05, 0) is 37.6 Å². The highest BCUT2D eigenvalue weighted by molar-refractivity contribution is 6.31. The van der Waals surface area contributed by atoms with E-state index in [0.29, 0.717) is 47.7 Å². The van der Waals surface area contributed by atoms with Gasteiger partial charge in [0.05, 0.1) is 18.5 Å². The minimum atomic E-state index is -0.186. The molecule has 0 bridgehead atoms. The van der Waals surface area contributed by atoms with Gasteiger partial charge in [0.25, 0.3) is 0 Å². The Morgan fingerprint density at radius 3 is 2.13 bits per heavy atom. The molecule has 0 aliphatic rings. The predicted octanol–water partition coefficient (Wildman–Crippen LogP) is 5.21. The molecule has 156 valence electrons. The molecule has 0 fully saturated rings. The van der Waals surface area contributed by atoms with Crippen molar-refractivity contribution in [2.45, 2.75) is 13.3 Å². The monoisotopic (exact) mass is 444 g/mol. The van der Waals surface area contributed by atoms with Gasteiger partial charge in [0.1, 0.15) is 5.69 Å². The first-order chi connectivity index (χ1) is 14.6. The van der Waals surface area contributed by atoms with Crippen molar-refractivity contribution in [1.29, 1.82) is 0 Å². The molecule has 0 saturated heterocycles. The number of benzene rings is 2. The number of nitrogens with zero attached hydrogens (tertiary/aromatic N) is 2. The largest absolute Gasteiger partial charge is 0.476 e. The van der Waals surface area contributed by atoms with Gasteiger partial charge in [0, 0.05) is 34.3 Å². The van der Waals surface area contributed by atoms with Gasteiger partial charge < -0.3 is 15.4 Å². The van der Waals surface area contributed by atoms with Crippen molar-refractivity contribution in [1.82, 2.24) is 20.6 Å². The Bertz CT molecular complexity index is 979. The number of ether oxygens (including phenoxy) is 1. The molecule has 2 N–H and O–H groups in total. The Morgan fingerprint density at radius 1 is 0.933 bits per heavy atom. The van der Waals surface area contributed by atoms with Gasteiger partial charge in [-0.15, -0.1) is 0 Å². The van der Waals surface area contributed by atoms with E-state index in [9.17, 15) is 4.79 Å². The number of amides is 2. The Hall–Kier alpha value is -2.83. The second kappa shape index (κ2) is 10.8. The summed E-state index contributed by atoms with van der Waals surface area (Å²) in [6, 6.07) is 14.7. The average molecular weight is 445 g/mol. The lowest BCUT2D eigenvalue weighted by atomic mass is 10.0. The normalized spacial score (nSPS) is 10.5. The van der Waals surface area contributed by atoms with Crippen LogP contribution in [0.5, 0.6) is 5.88 Å². The van der Waals surface area contributed by atoms with Crippen molar-refractivity contribution in [2.75, 3.05) is 19.7 Å². The Labute approximate surface area is 185 Å². The van der Waals surface area contributed by atoms with E-state index >= 15 is 0 Å². The number of carbonyl (C=O) groups excluding carboxylic acids is 1. The standard InChI is InChI=1S/C22H22Cl2N4O2/c1-2-25-22(29)26-12-3-13-30-19-14-27-20(15-4-8-17(23)9-5-15)21(28-19)16-6-10-18(24)11-7-16/h4-11,14H,2-3,12-13H2,1H3,(H2,25,26,29). The van der Waals surface area contributed by atoms with E-state index in [1.165, 1.54) is 0 Å². The molecule has 0 aliphatic carbocycles. The molecule has 2 aromatic carbocycles. The van der Waals surface area contributed by atoms with Crippen LogP contribution in [0, 0.1) is 0 Å². The van der Waals surface area contributed by atoms with Crippen molar-refractivity contribution in [3.05, 3.63) is 64.8 Å². The van der Waals surface area contributed by atoms with Crippen LogP contribution in [0.15, 0.2) is 54.7 Å². The highest BCUT2D eigenvalue weighted by Gasteiger charge is 2.13. The fourth-order valence-corrected chi connectivity index (χ4v) is 3.00. The van der Waals surface area contributed by atoms with Gasteiger partial charge in [-0.2, -0.15) is 0 Å². The Morgan fingerprint density at radius 2 is 1.53 bits per heavy atom. The summed E-state index contributed by atoms with van der Waals surface area (Å²) in [5, 5.41) is 6.74. The number of rotatable bonds is 8. The van der Waals surface area contributed by atoms with Gasteiger partial charge in [0.15, 0.2) is 0 Å².